The normalized spacial score (nSPS) is 26.8. The van der Waals surface area contributed by atoms with E-state index >= 15 is 0 Å². The molecular formula is C12H18N2O2. The van der Waals surface area contributed by atoms with Crippen molar-refractivity contribution < 1.29 is 9.53 Å². The lowest BCUT2D eigenvalue weighted by molar-refractivity contribution is -0.135. The number of carbonyl (C=O) groups excluding carboxylic acids is 1. The van der Waals surface area contributed by atoms with Gasteiger partial charge in [0.2, 0.25) is 0 Å². The Morgan fingerprint density at radius 3 is 2.94 bits per heavy atom. The van der Waals surface area contributed by atoms with Crippen molar-refractivity contribution in [2.24, 2.45) is 21.5 Å². The Hall–Kier alpha value is -1.19. The first-order chi connectivity index (χ1) is 7.53. The lowest BCUT2D eigenvalue weighted by Crippen LogP contribution is -2.35. The van der Waals surface area contributed by atoms with Gasteiger partial charge in [0.05, 0.1) is 18.2 Å². The topological polar surface area (TPSA) is 51.0 Å². The third-order valence-corrected chi connectivity index (χ3v) is 3.27. The van der Waals surface area contributed by atoms with Gasteiger partial charge >= 0.3 is 5.97 Å². The summed E-state index contributed by atoms with van der Waals surface area (Å²) in [7, 11) is 0. The van der Waals surface area contributed by atoms with Gasteiger partial charge in [-0.3, -0.25) is 0 Å². The molecule has 0 spiro atoms. The standard InChI is InChI=1S/C12H18N2O2/c1-4-16-11(15)10-8-5-6-12(2,3)7-9(8)13-14-10/h8H,4-7H2,1-3H3/t8-/m0/s1. The highest BCUT2D eigenvalue weighted by Crippen LogP contribution is 2.39. The Labute approximate surface area is 95.8 Å². The highest BCUT2D eigenvalue weighted by Gasteiger charge is 2.40. The molecule has 0 aromatic rings. The van der Waals surface area contributed by atoms with Gasteiger partial charge in [-0.15, -0.1) is 5.10 Å². The summed E-state index contributed by atoms with van der Waals surface area (Å²) >= 11 is 0. The zero-order chi connectivity index (χ0) is 11.8. The molecule has 0 radical (unpaired) electrons. The van der Waals surface area contributed by atoms with Gasteiger partial charge in [-0.1, -0.05) is 13.8 Å². The molecule has 4 nitrogen and oxygen atoms in total. The number of fused-ring (bicyclic) bond motifs is 1. The minimum atomic E-state index is -0.300. The number of carbonyl (C=O) groups is 1. The van der Waals surface area contributed by atoms with E-state index in [2.05, 4.69) is 24.1 Å². The predicted octanol–water partition coefficient (Wildman–Crippen LogP) is 2.19. The van der Waals surface area contributed by atoms with Crippen LogP contribution >= 0.6 is 0 Å². The molecule has 88 valence electrons. The molecule has 0 saturated heterocycles. The fraction of sp³-hybridized carbons (Fsp3) is 0.750. The summed E-state index contributed by atoms with van der Waals surface area (Å²) in [5.74, 6) is -0.182. The molecule has 2 aliphatic rings. The van der Waals surface area contributed by atoms with Crippen LogP contribution in [-0.2, 0) is 9.53 Å². The van der Waals surface area contributed by atoms with E-state index in [1.54, 1.807) is 6.92 Å². The molecule has 1 fully saturated rings. The summed E-state index contributed by atoms with van der Waals surface area (Å²) in [6.45, 7) is 6.66. The second kappa shape index (κ2) is 4.00. The maximum atomic E-state index is 11.6. The van der Waals surface area contributed by atoms with Crippen molar-refractivity contribution in [2.45, 2.75) is 40.0 Å². The second-order valence-corrected chi connectivity index (χ2v) is 5.23. The summed E-state index contributed by atoms with van der Waals surface area (Å²) in [6.07, 6.45) is 3.00. The van der Waals surface area contributed by atoms with Crippen molar-refractivity contribution >= 4 is 17.4 Å². The van der Waals surface area contributed by atoms with E-state index in [0.717, 1.165) is 25.0 Å². The first kappa shape index (κ1) is 11.3. The minimum absolute atomic E-state index is 0.118. The van der Waals surface area contributed by atoms with Crippen LogP contribution < -0.4 is 0 Å². The van der Waals surface area contributed by atoms with Crippen LogP contribution in [0.4, 0.5) is 0 Å². The zero-order valence-corrected chi connectivity index (χ0v) is 10.1. The van der Waals surface area contributed by atoms with Crippen LogP contribution in [-0.4, -0.2) is 24.0 Å². The molecule has 0 aromatic heterocycles. The number of rotatable bonds is 2. The third kappa shape index (κ3) is 2.01. The van der Waals surface area contributed by atoms with E-state index in [0.29, 0.717) is 12.3 Å². The van der Waals surface area contributed by atoms with Gasteiger partial charge in [0.1, 0.15) is 0 Å². The lowest BCUT2D eigenvalue weighted by atomic mass is 9.71. The number of hydrogen-bond donors (Lipinski definition) is 0. The maximum Gasteiger partial charge on any atom is 0.355 e. The molecule has 0 N–H and O–H groups in total. The monoisotopic (exact) mass is 222 g/mol. The van der Waals surface area contributed by atoms with Crippen molar-refractivity contribution in [1.29, 1.82) is 0 Å². The molecule has 0 unspecified atom stereocenters. The van der Waals surface area contributed by atoms with Gasteiger partial charge < -0.3 is 4.74 Å². The van der Waals surface area contributed by atoms with Crippen LogP contribution in [0.5, 0.6) is 0 Å². The SMILES string of the molecule is CCOC(=O)C1=NN=C2CC(C)(C)CC[C@@H]21. The quantitative estimate of drug-likeness (QED) is 0.672. The Bertz CT molecular complexity index is 369. The van der Waals surface area contributed by atoms with Crippen molar-refractivity contribution in [3.8, 4) is 0 Å². The van der Waals surface area contributed by atoms with E-state index < -0.39 is 0 Å². The molecule has 1 aliphatic carbocycles. The highest BCUT2D eigenvalue weighted by molar-refractivity contribution is 6.42. The van der Waals surface area contributed by atoms with Crippen molar-refractivity contribution in [1.82, 2.24) is 0 Å². The Morgan fingerprint density at radius 2 is 2.25 bits per heavy atom. The summed E-state index contributed by atoms with van der Waals surface area (Å²) in [4.78, 5) is 11.6. The average Bonchev–Trinajstić information content (AvgIpc) is 2.59. The molecule has 1 heterocycles. The van der Waals surface area contributed by atoms with E-state index in [-0.39, 0.29) is 17.3 Å². The molecule has 1 saturated carbocycles. The number of ether oxygens (including phenoxy) is 1. The van der Waals surface area contributed by atoms with E-state index in [4.69, 9.17) is 4.74 Å². The van der Waals surface area contributed by atoms with Crippen LogP contribution in [0.1, 0.15) is 40.0 Å². The average molecular weight is 222 g/mol. The van der Waals surface area contributed by atoms with Crippen LogP contribution in [0, 0.1) is 11.3 Å². The molecule has 0 aromatic carbocycles. The first-order valence-electron chi connectivity index (χ1n) is 5.85. The number of hydrogen-bond acceptors (Lipinski definition) is 4. The zero-order valence-electron chi connectivity index (χ0n) is 10.1. The highest BCUT2D eigenvalue weighted by atomic mass is 16.5. The Kier molecular flexibility index (Phi) is 2.82. The molecule has 0 bridgehead atoms. The van der Waals surface area contributed by atoms with Crippen molar-refractivity contribution in [3.05, 3.63) is 0 Å². The Morgan fingerprint density at radius 1 is 1.50 bits per heavy atom. The Balaban J connectivity index is 2.07. The molecule has 0 amide bonds. The fourth-order valence-corrected chi connectivity index (χ4v) is 2.38. The summed E-state index contributed by atoms with van der Waals surface area (Å²) in [6, 6.07) is 0. The second-order valence-electron chi connectivity index (χ2n) is 5.23. The first-order valence-corrected chi connectivity index (χ1v) is 5.85. The van der Waals surface area contributed by atoms with Gasteiger partial charge in [-0.2, -0.15) is 5.10 Å². The van der Waals surface area contributed by atoms with Crippen LogP contribution in [0.3, 0.4) is 0 Å². The number of nitrogens with zero attached hydrogens (tertiary/aromatic N) is 2. The van der Waals surface area contributed by atoms with Gasteiger partial charge in [-0.25, -0.2) is 4.79 Å². The third-order valence-electron chi connectivity index (χ3n) is 3.27. The smallest absolute Gasteiger partial charge is 0.355 e. The van der Waals surface area contributed by atoms with Gasteiger partial charge in [0, 0.05) is 0 Å². The fourth-order valence-electron chi connectivity index (χ4n) is 2.38. The van der Waals surface area contributed by atoms with E-state index in [1.165, 1.54) is 0 Å². The molecule has 1 atom stereocenters. The van der Waals surface area contributed by atoms with Gasteiger partial charge in [0.15, 0.2) is 5.71 Å². The van der Waals surface area contributed by atoms with Crippen LogP contribution in [0.15, 0.2) is 10.2 Å². The van der Waals surface area contributed by atoms with Gasteiger partial charge in [0.25, 0.3) is 0 Å². The number of esters is 1. The van der Waals surface area contributed by atoms with E-state index in [1.807, 2.05) is 0 Å². The summed E-state index contributed by atoms with van der Waals surface area (Å²) in [5.41, 5.74) is 1.85. The predicted molar refractivity (Wildman–Crippen MR) is 62.6 cm³/mol. The van der Waals surface area contributed by atoms with Crippen molar-refractivity contribution in [3.63, 3.8) is 0 Å². The van der Waals surface area contributed by atoms with Crippen molar-refractivity contribution in [2.75, 3.05) is 6.61 Å². The molecule has 4 heteroatoms. The molecular weight excluding hydrogens is 204 g/mol. The van der Waals surface area contributed by atoms with Gasteiger partial charge in [-0.05, 0) is 31.6 Å². The van der Waals surface area contributed by atoms with Crippen LogP contribution in [0.25, 0.3) is 0 Å². The lowest BCUT2D eigenvalue weighted by Gasteiger charge is -2.32. The summed E-state index contributed by atoms with van der Waals surface area (Å²) in [5, 5.41) is 8.14. The van der Waals surface area contributed by atoms with E-state index in [9.17, 15) is 4.79 Å². The minimum Gasteiger partial charge on any atom is -0.461 e. The van der Waals surface area contributed by atoms with Crippen LogP contribution in [0.2, 0.25) is 0 Å². The maximum absolute atomic E-state index is 11.6. The summed E-state index contributed by atoms with van der Waals surface area (Å²) < 4.78 is 4.98. The largest absolute Gasteiger partial charge is 0.461 e. The molecule has 16 heavy (non-hydrogen) atoms. The molecule has 2 rings (SSSR count). The molecule has 1 aliphatic heterocycles.